The summed E-state index contributed by atoms with van der Waals surface area (Å²) in [4.78, 5) is 30.4. The quantitative estimate of drug-likeness (QED) is 0.295. The SMILES string of the molecule is COc1ccc(COCc2c(-c3ccccn3)ccc(OC)c2C=C2C(=O)CC(C)(C)CC2=O)cc1. The number of carbonyl (C=O) groups excluding carboxylic acids is 2. The van der Waals surface area contributed by atoms with Crippen LogP contribution in [0.1, 0.15) is 43.4 Å². The number of nitrogens with zero attached hydrogens (tertiary/aromatic N) is 1. The van der Waals surface area contributed by atoms with E-state index in [0.29, 0.717) is 30.8 Å². The number of hydrogen-bond donors (Lipinski definition) is 0. The van der Waals surface area contributed by atoms with Crippen LogP contribution < -0.4 is 9.47 Å². The van der Waals surface area contributed by atoms with E-state index in [1.807, 2.05) is 68.4 Å². The minimum Gasteiger partial charge on any atom is -0.497 e. The van der Waals surface area contributed by atoms with Crippen LogP contribution in [0.4, 0.5) is 0 Å². The minimum absolute atomic E-state index is 0.147. The highest BCUT2D eigenvalue weighted by Crippen LogP contribution is 2.38. The summed E-state index contributed by atoms with van der Waals surface area (Å²) in [5, 5.41) is 0. The molecule has 4 rings (SSSR count). The van der Waals surface area contributed by atoms with Crippen LogP contribution in [0.3, 0.4) is 0 Å². The largest absolute Gasteiger partial charge is 0.497 e. The summed E-state index contributed by atoms with van der Waals surface area (Å²) in [6, 6.07) is 17.2. The molecule has 1 aromatic heterocycles. The molecular weight excluding hydrogens is 454 g/mol. The molecule has 1 saturated carbocycles. The van der Waals surface area contributed by atoms with Gasteiger partial charge in [-0.3, -0.25) is 14.6 Å². The van der Waals surface area contributed by atoms with Crippen LogP contribution in [0.25, 0.3) is 17.3 Å². The zero-order chi connectivity index (χ0) is 25.7. The number of pyridine rings is 1. The van der Waals surface area contributed by atoms with E-state index in [1.54, 1.807) is 26.5 Å². The van der Waals surface area contributed by atoms with Crippen LogP contribution in [0.2, 0.25) is 0 Å². The van der Waals surface area contributed by atoms with E-state index in [9.17, 15) is 9.59 Å². The molecule has 36 heavy (non-hydrogen) atoms. The molecule has 1 heterocycles. The average Bonchev–Trinajstić information content (AvgIpc) is 2.86. The van der Waals surface area contributed by atoms with Gasteiger partial charge in [-0.25, -0.2) is 0 Å². The number of allylic oxidation sites excluding steroid dienone is 1. The van der Waals surface area contributed by atoms with E-state index in [4.69, 9.17) is 14.2 Å². The molecule has 3 aromatic rings. The maximum Gasteiger partial charge on any atom is 0.167 e. The fourth-order valence-electron chi connectivity index (χ4n) is 4.47. The summed E-state index contributed by atoms with van der Waals surface area (Å²) in [5.74, 6) is 1.05. The van der Waals surface area contributed by atoms with Crippen LogP contribution in [0.5, 0.6) is 11.5 Å². The molecule has 0 bridgehead atoms. The van der Waals surface area contributed by atoms with E-state index in [2.05, 4.69) is 4.98 Å². The molecule has 0 amide bonds. The maximum atomic E-state index is 13.0. The second kappa shape index (κ2) is 10.9. The maximum absolute atomic E-state index is 13.0. The first kappa shape index (κ1) is 25.3. The van der Waals surface area contributed by atoms with Gasteiger partial charge in [0.2, 0.25) is 0 Å². The predicted octanol–water partition coefficient (Wildman–Crippen LogP) is 5.82. The third-order valence-corrected chi connectivity index (χ3v) is 6.32. The van der Waals surface area contributed by atoms with Crippen molar-refractivity contribution in [3.63, 3.8) is 0 Å². The Morgan fingerprint density at radius 2 is 1.61 bits per heavy atom. The lowest BCUT2D eigenvalue weighted by molar-refractivity contribution is -0.127. The topological polar surface area (TPSA) is 74.7 Å². The number of rotatable bonds is 8. The van der Waals surface area contributed by atoms with Gasteiger partial charge in [0.25, 0.3) is 0 Å². The Kier molecular flexibility index (Phi) is 7.65. The molecule has 0 aliphatic heterocycles. The normalized spacial score (nSPS) is 15.1. The van der Waals surface area contributed by atoms with Gasteiger partial charge in [0.15, 0.2) is 11.6 Å². The fourth-order valence-corrected chi connectivity index (χ4v) is 4.47. The van der Waals surface area contributed by atoms with Crippen molar-refractivity contribution >= 4 is 17.6 Å². The fraction of sp³-hybridized carbons (Fsp3) is 0.300. The molecule has 6 nitrogen and oxygen atoms in total. The molecule has 0 spiro atoms. The van der Waals surface area contributed by atoms with Gasteiger partial charge >= 0.3 is 0 Å². The zero-order valence-corrected chi connectivity index (χ0v) is 21.2. The lowest BCUT2D eigenvalue weighted by Gasteiger charge is -2.28. The molecule has 6 heteroatoms. The summed E-state index contributed by atoms with van der Waals surface area (Å²) in [5.41, 5.74) is 3.96. The van der Waals surface area contributed by atoms with Crippen molar-refractivity contribution in [1.82, 2.24) is 4.98 Å². The Bertz CT molecular complexity index is 1250. The van der Waals surface area contributed by atoms with E-state index in [1.165, 1.54) is 0 Å². The van der Waals surface area contributed by atoms with Gasteiger partial charge in [-0.1, -0.05) is 32.0 Å². The number of methoxy groups -OCH3 is 2. The first-order valence-corrected chi connectivity index (χ1v) is 11.9. The van der Waals surface area contributed by atoms with Gasteiger partial charge in [-0.15, -0.1) is 0 Å². The van der Waals surface area contributed by atoms with Crippen molar-refractivity contribution in [3.8, 4) is 22.8 Å². The lowest BCUT2D eigenvalue weighted by atomic mass is 9.73. The number of carbonyl (C=O) groups is 2. The number of ketones is 2. The van der Waals surface area contributed by atoms with E-state index >= 15 is 0 Å². The van der Waals surface area contributed by atoms with E-state index in [-0.39, 0.29) is 29.2 Å². The second-order valence-corrected chi connectivity index (χ2v) is 9.69. The average molecular weight is 486 g/mol. The first-order chi connectivity index (χ1) is 17.3. The standard InChI is InChI=1S/C30H31NO5/c1-30(2)16-27(32)24(28(33)17-30)15-23-25(19-36-18-20-8-10-21(34-3)11-9-20)22(12-13-29(23)35-4)26-7-5-6-14-31-26/h5-15H,16-19H2,1-4H3. The number of ether oxygens (including phenoxy) is 3. The monoisotopic (exact) mass is 485 g/mol. The zero-order valence-electron chi connectivity index (χ0n) is 21.2. The highest BCUT2D eigenvalue weighted by atomic mass is 16.5. The summed E-state index contributed by atoms with van der Waals surface area (Å²) < 4.78 is 17.0. The van der Waals surface area contributed by atoms with Gasteiger partial charge in [0, 0.05) is 30.2 Å². The second-order valence-electron chi connectivity index (χ2n) is 9.69. The van der Waals surface area contributed by atoms with Gasteiger partial charge < -0.3 is 14.2 Å². The Hall–Kier alpha value is -3.77. The molecule has 0 atom stereocenters. The van der Waals surface area contributed by atoms with E-state index in [0.717, 1.165) is 28.1 Å². The summed E-state index contributed by atoms with van der Waals surface area (Å²) in [7, 11) is 3.21. The van der Waals surface area contributed by atoms with Gasteiger partial charge in [-0.05, 0) is 59.0 Å². The van der Waals surface area contributed by atoms with Crippen molar-refractivity contribution < 1.29 is 23.8 Å². The van der Waals surface area contributed by atoms with Crippen molar-refractivity contribution in [2.45, 2.75) is 39.9 Å². The van der Waals surface area contributed by atoms with Gasteiger partial charge in [0.1, 0.15) is 11.5 Å². The van der Waals surface area contributed by atoms with E-state index < -0.39 is 0 Å². The van der Waals surface area contributed by atoms with Crippen molar-refractivity contribution in [2.24, 2.45) is 5.41 Å². The number of Topliss-reactive ketones (excluding diaryl/α,β-unsaturated/α-hetero) is 2. The molecule has 1 fully saturated rings. The molecule has 1 aliphatic carbocycles. The number of aromatic nitrogens is 1. The third-order valence-electron chi connectivity index (χ3n) is 6.32. The molecule has 1 aliphatic rings. The highest BCUT2D eigenvalue weighted by Gasteiger charge is 2.35. The Morgan fingerprint density at radius 3 is 2.22 bits per heavy atom. The van der Waals surface area contributed by atoms with Crippen LogP contribution in [0, 0.1) is 5.41 Å². The molecular formula is C30H31NO5. The van der Waals surface area contributed by atoms with Gasteiger partial charge in [0.05, 0.1) is 38.7 Å². The van der Waals surface area contributed by atoms with Crippen molar-refractivity contribution in [1.29, 1.82) is 0 Å². The minimum atomic E-state index is -0.338. The molecule has 0 unspecified atom stereocenters. The number of benzene rings is 2. The van der Waals surface area contributed by atoms with Crippen LogP contribution in [0.15, 0.2) is 66.4 Å². The van der Waals surface area contributed by atoms with Crippen LogP contribution in [-0.4, -0.2) is 30.8 Å². The summed E-state index contributed by atoms with van der Waals surface area (Å²) in [6.45, 7) is 4.51. The van der Waals surface area contributed by atoms with Crippen LogP contribution in [-0.2, 0) is 27.5 Å². The van der Waals surface area contributed by atoms with Crippen LogP contribution >= 0.6 is 0 Å². The van der Waals surface area contributed by atoms with Crippen molar-refractivity contribution in [2.75, 3.05) is 14.2 Å². The first-order valence-electron chi connectivity index (χ1n) is 11.9. The molecule has 0 radical (unpaired) electrons. The number of hydrogen-bond acceptors (Lipinski definition) is 6. The third kappa shape index (κ3) is 5.71. The van der Waals surface area contributed by atoms with Crippen molar-refractivity contribution in [3.05, 3.63) is 83.1 Å². The predicted molar refractivity (Wildman–Crippen MR) is 139 cm³/mol. The highest BCUT2D eigenvalue weighted by molar-refractivity contribution is 6.25. The Balaban J connectivity index is 1.74. The molecule has 0 saturated heterocycles. The smallest absolute Gasteiger partial charge is 0.167 e. The molecule has 186 valence electrons. The molecule has 2 aromatic carbocycles. The summed E-state index contributed by atoms with van der Waals surface area (Å²) in [6.07, 6.45) is 4.07. The Morgan fingerprint density at radius 1 is 0.889 bits per heavy atom. The molecule has 0 N–H and O–H groups in total. The van der Waals surface area contributed by atoms with Gasteiger partial charge in [-0.2, -0.15) is 0 Å². The Labute approximate surface area is 211 Å². The lowest BCUT2D eigenvalue weighted by Crippen LogP contribution is -2.31. The summed E-state index contributed by atoms with van der Waals surface area (Å²) >= 11 is 0.